The zero-order valence-electron chi connectivity index (χ0n) is 18.7. The Hall–Kier alpha value is -3.13. The van der Waals surface area contributed by atoms with E-state index in [1.165, 1.54) is 17.0 Å². The van der Waals surface area contributed by atoms with Crippen LogP contribution in [0.3, 0.4) is 0 Å². The number of carbonyl (C=O) groups is 2. The molecule has 1 N–H and O–H groups in total. The highest BCUT2D eigenvalue weighted by atomic mass is 19.1. The van der Waals surface area contributed by atoms with Gasteiger partial charge in [-0.25, -0.2) is 18.9 Å². The molecule has 7 nitrogen and oxygen atoms in total. The van der Waals surface area contributed by atoms with Crippen molar-refractivity contribution in [1.29, 1.82) is 0 Å². The minimum atomic E-state index is -0.983. The normalized spacial score (nSPS) is 17.9. The van der Waals surface area contributed by atoms with Gasteiger partial charge in [0.1, 0.15) is 18.2 Å². The van der Waals surface area contributed by atoms with E-state index in [1.54, 1.807) is 36.4 Å². The molecule has 0 aromatic heterocycles. The summed E-state index contributed by atoms with van der Waals surface area (Å²) in [5.74, 6) is -0.356. The van der Waals surface area contributed by atoms with Gasteiger partial charge in [-0.1, -0.05) is 12.5 Å². The lowest BCUT2D eigenvalue weighted by molar-refractivity contribution is -0.142. The number of aliphatic carboxylic acids is 1. The lowest BCUT2D eigenvalue weighted by Gasteiger charge is -2.29. The second-order valence-corrected chi connectivity index (χ2v) is 8.13. The summed E-state index contributed by atoms with van der Waals surface area (Å²) in [6, 6.07) is 12.8. The Morgan fingerprint density at radius 3 is 2.45 bits per heavy atom. The molecule has 33 heavy (non-hydrogen) atoms. The molecule has 0 bridgehead atoms. The fraction of sp³-hybridized carbons (Fsp3) is 0.440. The van der Waals surface area contributed by atoms with E-state index < -0.39 is 17.9 Å². The number of carbonyl (C=O) groups excluding carboxylic acids is 1. The van der Waals surface area contributed by atoms with Crippen LogP contribution in [0.2, 0.25) is 0 Å². The smallest absolute Gasteiger partial charge is 0.418 e. The van der Waals surface area contributed by atoms with Gasteiger partial charge >= 0.3 is 12.1 Å². The van der Waals surface area contributed by atoms with Crippen LogP contribution in [0, 0.1) is 17.7 Å². The van der Waals surface area contributed by atoms with Gasteiger partial charge < -0.3 is 19.3 Å². The summed E-state index contributed by atoms with van der Waals surface area (Å²) < 4.78 is 30.3. The maximum Gasteiger partial charge on any atom is 0.418 e. The molecule has 2 unspecified atom stereocenters. The van der Waals surface area contributed by atoms with E-state index >= 15 is 0 Å². The van der Waals surface area contributed by atoms with E-state index in [0.29, 0.717) is 30.3 Å². The Labute approximate surface area is 193 Å². The standard InChI is InChI=1S/C25H30FNO6/c1-2-32-23-11-9-21(10-12-23)27(22-8-4-7-20(26)14-22)25(30)33-16-19-6-3-5-18(13-19)15-31-17-24(28)29/h4,7-12,14,18-19H,2-3,5-6,13,15-17H2,1H3,(H,28,29). The molecule has 2 aromatic carbocycles. The van der Waals surface area contributed by atoms with Crippen molar-refractivity contribution in [3.8, 4) is 5.75 Å². The largest absolute Gasteiger partial charge is 0.494 e. The third kappa shape index (κ3) is 7.46. The van der Waals surface area contributed by atoms with Crippen molar-refractivity contribution in [3.05, 3.63) is 54.3 Å². The topological polar surface area (TPSA) is 85.3 Å². The van der Waals surface area contributed by atoms with Gasteiger partial charge in [-0.05, 0) is 80.5 Å². The summed E-state index contributed by atoms with van der Waals surface area (Å²) in [6.07, 6.45) is 3.07. The van der Waals surface area contributed by atoms with Crippen molar-refractivity contribution in [2.45, 2.75) is 32.6 Å². The van der Waals surface area contributed by atoms with Crippen LogP contribution in [0.5, 0.6) is 5.75 Å². The first-order valence-corrected chi connectivity index (χ1v) is 11.2. The Balaban J connectivity index is 1.65. The number of carboxylic acid groups (broad SMARTS) is 1. The van der Waals surface area contributed by atoms with Crippen LogP contribution in [-0.4, -0.2) is 43.6 Å². The van der Waals surface area contributed by atoms with Gasteiger partial charge in [-0.15, -0.1) is 0 Å². The predicted molar refractivity (Wildman–Crippen MR) is 121 cm³/mol. The van der Waals surface area contributed by atoms with Gasteiger partial charge in [0.15, 0.2) is 0 Å². The SMILES string of the molecule is CCOc1ccc(N(C(=O)OCC2CCCC(COCC(=O)O)C2)c2cccc(F)c2)cc1. The van der Waals surface area contributed by atoms with Crippen LogP contribution >= 0.6 is 0 Å². The summed E-state index contributed by atoms with van der Waals surface area (Å²) >= 11 is 0. The molecule has 8 heteroatoms. The number of halogens is 1. The molecule has 0 heterocycles. The third-order valence-corrected chi connectivity index (χ3v) is 5.57. The molecule has 1 aliphatic carbocycles. The highest BCUT2D eigenvalue weighted by Crippen LogP contribution is 2.32. The van der Waals surface area contributed by atoms with Gasteiger partial charge in [-0.2, -0.15) is 0 Å². The van der Waals surface area contributed by atoms with Crippen molar-refractivity contribution < 1.29 is 33.3 Å². The molecule has 0 saturated heterocycles. The molecule has 0 aliphatic heterocycles. The van der Waals surface area contributed by atoms with Gasteiger partial charge in [0.05, 0.1) is 31.2 Å². The molecular weight excluding hydrogens is 429 g/mol. The van der Waals surface area contributed by atoms with E-state index in [9.17, 15) is 14.0 Å². The van der Waals surface area contributed by atoms with E-state index in [4.69, 9.17) is 19.3 Å². The lowest BCUT2D eigenvalue weighted by Crippen LogP contribution is -2.30. The van der Waals surface area contributed by atoms with Crippen LogP contribution in [0.4, 0.5) is 20.6 Å². The van der Waals surface area contributed by atoms with Gasteiger partial charge in [0, 0.05) is 0 Å². The zero-order valence-corrected chi connectivity index (χ0v) is 18.7. The average Bonchev–Trinajstić information content (AvgIpc) is 2.79. The molecule has 2 atom stereocenters. The van der Waals surface area contributed by atoms with Crippen molar-refractivity contribution in [3.63, 3.8) is 0 Å². The number of hydrogen-bond donors (Lipinski definition) is 1. The van der Waals surface area contributed by atoms with Crippen molar-refractivity contribution in [2.24, 2.45) is 11.8 Å². The number of rotatable bonds is 10. The van der Waals surface area contributed by atoms with Crippen LogP contribution in [0.25, 0.3) is 0 Å². The Kier molecular flexibility index (Phi) is 9.06. The Morgan fingerprint density at radius 2 is 1.79 bits per heavy atom. The van der Waals surface area contributed by atoms with E-state index in [0.717, 1.165) is 25.7 Å². The molecule has 0 radical (unpaired) electrons. The number of hydrogen-bond acceptors (Lipinski definition) is 5. The summed E-state index contributed by atoms with van der Waals surface area (Å²) in [5, 5.41) is 8.72. The third-order valence-electron chi connectivity index (χ3n) is 5.57. The fourth-order valence-electron chi connectivity index (χ4n) is 4.10. The van der Waals surface area contributed by atoms with E-state index in [2.05, 4.69) is 0 Å². The minimum Gasteiger partial charge on any atom is -0.494 e. The monoisotopic (exact) mass is 459 g/mol. The minimum absolute atomic E-state index is 0.163. The van der Waals surface area contributed by atoms with Crippen LogP contribution < -0.4 is 9.64 Å². The van der Waals surface area contributed by atoms with Crippen LogP contribution in [0.1, 0.15) is 32.6 Å². The molecule has 3 rings (SSSR count). The predicted octanol–water partition coefficient (Wildman–Crippen LogP) is 5.41. The number of nitrogens with zero attached hydrogens (tertiary/aromatic N) is 1. The lowest BCUT2D eigenvalue weighted by atomic mass is 9.82. The number of anilines is 2. The molecule has 1 amide bonds. The first-order chi connectivity index (χ1) is 16.0. The number of ether oxygens (including phenoxy) is 3. The van der Waals surface area contributed by atoms with Crippen LogP contribution in [0.15, 0.2) is 48.5 Å². The zero-order chi connectivity index (χ0) is 23.6. The van der Waals surface area contributed by atoms with Gasteiger partial charge in [0.25, 0.3) is 0 Å². The summed E-state index contributed by atoms with van der Waals surface area (Å²) in [4.78, 5) is 25.1. The van der Waals surface area contributed by atoms with Crippen molar-refractivity contribution >= 4 is 23.4 Å². The summed E-state index contributed by atoms with van der Waals surface area (Å²) in [5.41, 5.74) is 0.908. The van der Waals surface area contributed by atoms with Crippen molar-refractivity contribution in [1.82, 2.24) is 0 Å². The molecule has 1 fully saturated rings. The Bertz CT molecular complexity index is 919. The maximum absolute atomic E-state index is 13.9. The summed E-state index contributed by atoms with van der Waals surface area (Å²) in [7, 11) is 0. The highest BCUT2D eigenvalue weighted by molar-refractivity contribution is 5.96. The number of carboxylic acids is 1. The first-order valence-electron chi connectivity index (χ1n) is 11.2. The first kappa shape index (κ1) is 24.5. The second-order valence-electron chi connectivity index (χ2n) is 8.13. The summed E-state index contributed by atoms with van der Waals surface area (Å²) in [6.45, 7) is 2.73. The Morgan fingerprint density at radius 1 is 1.06 bits per heavy atom. The number of amides is 1. The van der Waals surface area contributed by atoms with Gasteiger partial charge in [0.2, 0.25) is 0 Å². The highest BCUT2D eigenvalue weighted by Gasteiger charge is 2.26. The van der Waals surface area contributed by atoms with Crippen molar-refractivity contribution in [2.75, 3.05) is 31.3 Å². The molecule has 1 saturated carbocycles. The second kappa shape index (κ2) is 12.2. The average molecular weight is 460 g/mol. The maximum atomic E-state index is 13.9. The van der Waals surface area contributed by atoms with E-state index in [-0.39, 0.29) is 25.0 Å². The quantitative estimate of drug-likeness (QED) is 0.512. The molecule has 0 spiro atoms. The fourth-order valence-corrected chi connectivity index (χ4v) is 4.10. The van der Waals surface area contributed by atoms with Gasteiger partial charge in [-0.3, -0.25) is 0 Å². The molecule has 1 aliphatic rings. The number of benzene rings is 2. The van der Waals surface area contributed by atoms with Crippen LogP contribution in [-0.2, 0) is 14.3 Å². The molecule has 2 aromatic rings. The molecule has 178 valence electrons. The van der Waals surface area contributed by atoms with E-state index in [1.807, 2.05) is 6.92 Å². The molecular formula is C25H30FNO6.